The Kier molecular flexibility index (Phi) is 3.78. The van der Waals surface area contributed by atoms with E-state index in [1.54, 1.807) is 7.05 Å². The molecule has 3 rings (SSSR count). The van der Waals surface area contributed by atoms with E-state index in [2.05, 4.69) is 15.6 Å². The molecule has 0 spiro atoms. The molecule has 0 aromatic carbocycles. The van der Waals surface area contributed by atoms with Crippen LogP contribution in [0.3, 0.4) is 0 Å². The van der Waals surface area contributed by atoms with Crippen molar-refractivity contribution in [1.29, 1.82) is 0 Å². The number of aromatic nitrogens is 4. The van der Waals surface area contributed by atoms with E-state index in [0.29, 0.717) is 24.3 Å². The highest BCUT2D eigenvalue weighted by atomic mass is 16.2. The van der Waals surface area contributed by atoms with Crippen LogP contribution in [0.4, 0.5) is 5.95 Å². The monoisotopic (exact) mass is 307 g/mol. The van der Waals surface area contributed by atoms with Gasteiger partial charge < -0.3 is 10.6 Å². The predicted molar refractivity (Wildman–Crippen MR) is 84.0 cm³/mol. The Labute approximate surface area is 127 Å². The van der Waals surface area contributed by atoms with Gasteiger partial charge in [0, 0.05) is 27.2 Å². The van der Waals surface area contributed by atoms with Gasteiger partial charge in [-0.05, 0) is 19.3 Å². The van der Waals surface area contributed by atoms with Crippen molar-refractivity contribution in [1.82, 2.24) is 18.7 Å². The fraction of sp³-hybridized carbons (Fsp3) is 0.643. The van der Waals surface area contributed by atoms with E-state index in [1.807, 2.05) is 4.57 Å². The van der Waals surface area contributed by atoms with Gasteiger partial charge in [0.2, 0.25) is 5.95 Å². The van der Waals surface area contributed by atoms with E-state index >= 15 is 0 Å². The zero-order chi connectivity index (χ0) is 15.9. The average molecular weight is 307 g/mol. The van der Waals surface area contributed by atoms with Gasteiger partial charge in [0.15, 0.2) is 11.2 Å². The summed E-state index contributed by atoms with van der Waals surface area (Å²) in [6.07, 6.45) is 3.49. The van der Waals surface area contributed by atoms with Crippen LogP contribution < -0.4 is 21.9 Å². The van der Waals surface area contributed by atoms with E-state index in [0.717, 1.165) is 36.4 Å². The van der Waals surface area contributed by atoms with E-state index in [9.17, 15) is 9.59 Å². The lowest BCUT2D eigenvalue weighted by atomic mass is 10.1. The van der Waals surface area contributed by atoms with Gasteiger partial charge in [0.05, 0.1) is 13.1 Å². The molecule has 0 amide bonds. The number of hydrogen-bond acceptors (Lipinski definition) is 4. The third kappa shape index (κ3) is 2.14. The predicted octanol–water partition coefficient (Wildman–Crippen LogP) is -1.33. The fourth-order valence-electron chi connectivity index (χ4n) is 3.14. The Hall–Kier alpha value is -2.09. The molecule has 120 valence electrons. The normalized spacial score (nSPS) is 15.7. The minimum atomic E-state index is -0.345. The average Bonchev–Trinajstić information content (AvgIpc) is 2.92. The van der Waals surface area contributed by atoms with E-state index in [-0.39, 0.29) is 11.2 Å². The maximum atomic E-state index is 12.5. The molecule has 0 radical (unpaired) electrons. The zero-order valence-electron chi connectivity index (χ0n) is 13.2. The summed E-state index contributed by atoms with van der Waals surface area (Å²) < 4.78 is 4.52. The van der Waals surface area contributed by atoms with Gasteiger partial charge in [0.1, 0.15) is 0 Å². The summed E-state index contributed by atoms with van der Waals surface area (Å²) in [7, 11) is 3.16. The van der Waals surface area contributed by atoms with Crippen LogP contribution in [-0.2, 0) is 20.6 Å². The van der Waals surface area contributed by atoms with Gasteiger partial charge in [-0.1, -0.05) is 0 Å². The molecule has 1 fully saturated rings. The van der Waals surface area contributed by atoms with E-state index < -0.39 is 0 Å². The second kappa shape index (κ2) is 5.60. The number of fused-ring (bicyclic) bond motifs is 1. The summed E-state index contributed by atoms with van der Waals surface area (Å²) in [6.45, 7) is 3.16. The summed E-state index contributed by atoms with van der Waals surface area (Å²) in [5, 5.41) is 0. The van der Waals surface area contributed by atoms with Crippen molar-refractivity contribution in [3.05, 3.63) is 20.8 Å². The molecule has 8 heteroatoms. The van der Waals surface area contributed by atoms with E-state index in [4.69, 9.17) is 0 Å². The molecule has 2 aromatic heterocycles. The number of hydrogen-bond donors (Lipinski definition) is 1. The molecule has 22 heavy (non-hydrogen) atoms. The Balaban J connectivity index is 2.31. The number of anilines is 1. The first-order valence-corrected chi connectivity index (χ1v) is 7.76. The first-order valence-electron chi connectivity index (χ1n) is 7.76. The highest BCUT2D eigenvalue weighted by Crippen LogP contribution is 2.22. The first-order chi connectivity index (χ1) is 10.6. The molecule has 3 heterocycles. The minimum Gasteiger partial charge on any atom is -0.356 e. The zero-order valence-corrected chi connectivity index (χ0v) is 13.2. The number of rotatable bonds is 3. The Bertz CT molecular complexity index is 809. The number of nitrogens with zero attached hydrogens (tertiary/aromatic N) is 5. The van der Waals surface area contributed by atoms with Crippen LogP contribution in [-0.4, -0.2) is 38.3 Å². The summed E-state index contributed by atoms with van der Waals surface area (Å²) >= 11 is 0. The SMILES string of the molecule is Cn1c(=O)c2c(nc(N3CCCCC3)n2CC[NH3+])n(C)c1=O. The molecule has 1 aliphatic rings. The lowest BCUT2D eigenvalue weighted by Gasteiger charge is -2.27. The van der Waals surface area contributed by atoms with Gasteiger partial charge in [-0.25, -0.2) is 4.79 Å². The Morgan fingerprint density at radius 2 is 1.77 bits per heavy atom. The quantitative estimate of drug-likeness (QED) is 0.760. The number of quaternary nitrogens is 1. The molecule has 3 N–H and O–H groups in total. The highest BCUT2D eigenvalue weighted by molar-refractivity contribution is 5.74. The van der Waals surface area contributed by atoms with Gasteiger partial charge >= 0.3 is 5.69 Å². The maximum Gasteiger partial charge on any atom is 0.332 e. The largest absolute Gasteiger partial charge is 0.356 e. The van der Waals surface area contributed by atoms with Crippen LogP contribution in [0.15, 0.2) is 9.59 Å². The summed E-state index contributed by atoms with van der Waals surface area (Å²) in [4.78, 5) is 31.5. The topological polar surface area (TPSA) is 92.7 Å². The third-order valence-electron chi connectivity index (χ3n) is 4.35. The molecule has 8 nitrogen and oxygen atoms in total. The molecular formula is C14H23N6O2+. The van der Waals surface area contributed by atoms with Crippen molar-refractivity contribution in [3.8, 4) is 0 Å². The summed E-state index contributed by atoms with van der Waals surface area (Å²) in [6, 6.07) is 0. The first kappa shape index (κ1) is 14.8. The number of aryl methyl sites for hydroxylation is 1. The molecule has 0 bridgehead atoms. The third-order valence-corrected chi connectivity index (χ3v) is 4.35. The summed E-state index contributed by atoms with van der Waals surface area (Å²) in [5.74, 6) is 0.789. The number of piperidine rings is 1. The van der Waals surface area contributed by atoms with Gasteiger partial charge in [-0.15, -0.1) is 0 Å². The lowest BCUT2D eigenvalue weighted by Crippen LogP contribution is -2.52. The van der Waals surface area contributed by atoms with Gasteiger partial charge in [-0.3, -0.25) is 18.5 Å². The molecule has 0 aliphatic carbocycles. The van der Waals surface area contributed by atoms with Crippen molar-refractivity contribution in [3.63, 3.8) is 0 Å². The number of imidazole rings is 1. The summed E-state index contributed by atoms with van der Waals surface area (Å²) in [5.41, 5.74) is 4.22. The van der Waals surface area contributed by atoms with Crippen molar-refractivity contribution < 1.29 is 5.73 Å². The van der Waals surface area contributed by atoms with Crippen LogP contribution in [0, 0.1) is 0 Å². The minimum absolute atomic E-state index is 0.290. The fourth-order valence-corrected chi connectivity index (χ4v) is 3.14. The molecule has 0 saturated carbocycles. The Morgan fingerprint density at radius 3 is 2.41 bits per heavy atom. The Morgan fingerprint density at radius 1 is 1.09 bits per heavy atom. The smallest absolute Gasteiger partial charge is 0.332 e. The van der Waals surface area contributed by atoms with Crippen molar-refractivity contribution >= 4 is 17.1 Å². The molecule has 0 atom stereocenters. The molecule has 1 saturated heterocycles. The second-order valence-corrected chi connectivity index (χ2v) is 5.84. The van der Waals surface area contributed by atoms with Crippen LogP contribution in [0.5, 0.6) is 0 Å². The van der Waals surface area contributed by atoms with Crippen LogP contribution in [0.25, 0.3) is 11.2 Å². The van der Waals surface area contributed by atoms with Crippen LogP contribution in [0.1, 0.15) is 19.3 Å². The van der Waals surface area contributed by atoms with Crippen molar-refractivity contribution in [2.75, 3.05) is 24.5 Å². The van der Waals surface area contributed by atoms with E-state index in [1.165, 1.54) is 18.0 Å². The second-order valence-electron chi connectivity index (χ2n) is 5.84. The van der Waals surface area contributed by atoms with Gasteiger partial charge in [-0.2, -0.15) is 4.98 Å². The maximum absolute atomic E-state index is 12.5. The molecular weight excluding hydrogens is 284 g/mol. The lowest BCUT2D eigenvalue weighted by molar-refractivity contribution is -0.369. The molecule has 1 aliphatic heterocycles. The van der Waals surface area contributed by atoms with Crippen molar-refractivity contribution in [2.45, 2.75) is 25.8 Å². The molecule has 0 unspecified atom stereocenters. The molecule has 2 aromatic rings. The van der Waals surface area contributed by atoms with Gasteiger partial charge in [0.25, 0.3) is 5.56 Å². The van der Waals surface area contributed by atoms with Crippen molar-refractivity contribution in [2.24, 2.45) is 14.1 Å². The van der Waals surface area contributed by atoms with Crippen LogP contribution in [0.2, 0.25) is 0 Å². The standard InChI is InChI=1S/C14H22N6O2/c1-17-11-10(12(21)18(2)14(17)22)20(9-6-15)13(16-11)19-7-4-3-5-8-19/h3-9,15H2,1-2H3/p+1. The van der Waals surface area contributed by atoms with Crippen LogP contribution >= 0.6 is 0 Å². The highest BCUT2D eigenvalue weighted by Gasteiger charge is 2.23.